The maximum atomic E-state index is 5.49. The molecule has 0 fully saturated rings. The number of hydrogen-bond donors (Lipinski definition) is 2. The van der Waals surface area contributed by atoms with Crippen molar-refractivity contribution in [1.82, 2.24) is 9.97 Å². The number of benzene rings is 1. The second-order valence-electron chi connectivity index (χ2n) is 4.83. The standard InChI is InChI=1S/C15H20N4S/c1-4-13-14(19-16)17-9-18-15(13)20-12-7-5-11(6-8-12)10(2)3/h5-10H,4,16H2,1-3H3,(H,17,18,19). The molecular weight excluding hydrogens is 268 g/mol. The van der Waals surface area contributed by atoms with E-state index >= 15 is 0 Å². The molecule has 3 N–H and O–H groups in total. The summed E-state index contributed by atoms with van der Waals surface area (Å²) < 4.78 is 0. The van der Waals surface area contributed by atoms with Crippen LogP contribution in [0.3, 0.4) is 0 Å². The number of hydrogen-bond acceptors (Lipinski definition) is 5. The molecule has 1 aromatic heterocycles. The van der Waals surface area contributed by atoms with Crippen LogP contribution in [0.1, 0.15) is 37.8 Å². The van der Waals surface area contributed by atoms with Gasteiger partial charge in [-0.05, 0) is 30.0 Å². The lowest BCUT2D eigenvalue weighted by molar-refractivity contribution is 0.864. The number of aromatic nitrogens is 2. The van der Waals surface area contributed by atoms with Gasteiger partial charge in [0.25, 0.3) is 0 Å². The summed E-state index contributed by atoms with van der Waals surface area (Å²) >= 11 is 1.64. The quantitative estimate of drug-likeness (QED) is 0.500. The third kappa shape index (κ3) is 3.29. The lowest BCUT2D eigenvalue weighted by Gasteiger charge is -2.11. The fourth-order valence-corrected chi connectivity index (χ4v) is 2.92. The van der Waals surface area contributed by atoms with Crippen LogP contribution in [-0.2, 0) is 6.42 Å². The maximum Gasteiger partial charge on any atom is 0.147 e. The summed E-state index contributed by atoms with van der Waals surface area (Å²) in [5.74, 6) is 6.74. The minimum Gasteiger partial charge on any atom is -0.308 e. The molecule has 106 valence electrons. The number of anilines is 1. The molecule has 1 aromatic carbocycles. The van der Waals surface area contributed by atoms with Crippen LogP contribution in [0.4, 0.5) is 5.82 Å². The van der Waals surface area contributed by atoms with Gasteiger partial charge < -0.3 is 5.43 Å². The van der Waals surface area contributed by atoms with Crippen LogP contribution in [0.2, 0.25) is 0 Å². The molecule has 0 aliphatic heterocycles. The van der Waals surface area contributed by atoms with Crippen LogP contribution in [0.15, 0.2) is 40.5 Å². The highest BCUT2D eigenvalue weighted by Gasteiger charge is 2.10. The molecule has 2 rings (SSSR count). The van der Waals surface area contributed by atoms with Crippen molar-refractivity contribution in [2.45, 2.75) is 43.0 Å². The molecule has 0 saturated carbocycles. The first-order chi connectivity index (χ1) is 9.65. The van der Waals surface area contributed by atoms with Crippen molar-refractivity contribution in [2.75, 3.05) is 5.43 Å². The second kappa shape index (κ2) is 6.72. The smallest absolute Gasteiger partial charge is 0.147 e. The first kappa shape index (κ1) is 14.8. The Morgan fingerprint density at radius 3 is 2.45 bits per heavy atom. The van der Waals surface area contributed by atoms with E-state index in [9.17, 15) is 0 Å². The molecule has 0 spiro atoms. The SMILES string of the molecule is CCc1c(NN)ncnc1Sc1ccc(C(C)C)cc1. The summed E-state index contributed by atoms with van der Waals surface area (Å²) in [5, 5.41) is 0.952. The molecule has 0 unspecified atom stereocenters. The number of nitrogen functional groups attached to an aromatic ring is 1. The number of nitrogens with one attached hydrogen (secondary N) is 1. The zero-order chi connectivity index (χ0) is 14.5. The van der Waals surface area contributed by atoms with Crippen molar-refractivity contribution in [1.29, 1.82) is 0 Å². The molecule has 0 atom stereocenters. The summed E-state index contributed by atoms with van der Waals surface area (Å²) in [6, 6.07) is 8.61. The molecule has 2 aromatic rings. The topological polar surface area (TPSA) is 63.8 Å². The van der Waals surface area contributed by atoms with Crippen molar-refractivity contribution in [3.8, 4) is 0 Å². The van der Waals surface area contributed by atoms with Gasteiger partial charge in [0.1, 0.15) is 17.2 Å². The zero-order valence-electron chi connectivity index (χ0n) is 12.1. The van der Waals surface area contributed by atoms with Crippen LogP contribution in [0, 0.1) is 0 Å². The van der Waals surface area contributed by atoms with Gasteiger partial charge in [0.2, 0.25) is 0 Å². The minimum atomic E-state index is 0.548. The van der Waals surface area contributed by atoms with E-state index in [0.717, 1.165) is 17.0 Å². The number of nitrogens with zero attached hydrogens (tertiary/aromatic N) is 2. The Balaban J connectivity index is 2.25. The second-order valence-corrected chi connectivity index (χ2v) is 5.89. The average Bonchev–Trinajstić information content (AvgIpc) is 2.47. The monoisotopic (exact) mass is 288 g/mol. The van der Waals surface area contributed by atoms with Crippen LogP contribution in [0.5, 0.6) is 0 Å². The van der Waals surface area contributed by atoms with E-state index in [1.165, 1.54) is 10.5 Å². The highest BCUT2D eigenvalue weighted by molar-refractivity contribution is 7.99. The van der Waals surface area contributed by atoms with Crippen LogP contribution in [-0.4, -0.2) is 9.97 Å². The molecule has 4 nitrogen and oxygen atoms in total. The van der Waals surface area contributed by atoms with E-state index in [1.54, 1.807) is 18.1 Å². The molecular formula is C15H20N4S. The Labute approximate surface area is 124 Å². The lowest BCUT2D eigenvalue weighted by Crippen LogP contribution is -2.12. The van der Waals surface area contributed by atoms with E-state index in [4.69, 9.17) is 5.84 Å². The largest absolute Gasteiger partial charge is 0.308 e. The maximum absolute atomic E-state index is 5.49. The molecule has 1 heterocycles. The highest BCUT2D eigenvalue weighted by atomic mass is 32.2. The fraction of sp³-hybridized carbons (Fsp3) is 0.333. The van der Waals surface area contributed by atoms with Gasteiger partial charge in [-0.2, -0.15) is 0 Å². The number of rotatable bonds is 5. The Morgan fingerprint density at radius 1 is 1.20 bits per heavy atom. The van der Waals surface area contributed by atoms with Gasteiger partial charge in [-0.15, -0.1) is 0 Å². The average molecular weight is 288 g/mol. The predicted octanol–water partition coefficient (Wildman–Crippen LogP) is 3.60. The Hall–Kier alpha value is -1.59. The highest BCUT2D eigenvalue weighted by Crippen LogP contribution is 2.32. The van der Waals surface area contributed by atoms with Gasteiger partial charge in [0, 0.05) is 10.5 Å². The molecule has 5 heteroatoms. The van der Waals surface area contributed by atoms with Gasteiger partial charge in [0.05, 0.1) is 0 Å². The zero-order valence-corrected chi connectivity index (χ0v) is 12.9. The van der Waals surface area contributed by atoms with Gasteiger partial charge in [0.15, 0.2) is 0 Å². The van der Waals surface area contributed by atoms with Crippen LogP contribution in [0.25, 0.3) is 0 Å². The number of hydrazine groups is 1. The minimum absolute atomic E-state index is 0.548. The Kier molecular flexibility index (Phi) is 4.98. The van der Waals surface area contributed by atoms with E-state index in [1.807, 2.05) is 0 Å². The van der Waals surface area contributed by atoms with E-state index in [-0.39, 0.29) is 0 Å². The molecule has 0 radical (unpaired) electrons. The van der Waals surface area contributed by atoms with Crippen molar-refractivity contribution >= 4 is 17.6 Å². The third-order valence-electron chi connectivity index (χ3n) is 3.16. The van der Waals surface area contributed by atoms with Crippen LogP contribution >= 0.6 is 11.8 Å². The Morgan fingerprint density at radius 2 is 1.90 bits per heavy atom. The summed E-state index contributed by atoms with van der Waals surface area (Å²) in [4.78, 5) is 9.69. The molecule has 0 aliphatic carbocycles. The van der Waals surface area contributed by atoms with Gasteiger partial charge in [-0.25, -0.2) is 15.8 Å². The van der Waals surface area contributed by atoms with E-state index in [2.05, 4.69) is 60.4 Å². The van der Waals surface area contributed by atoms with E-state index in [0.29, 0.717) is 11.7 Å². The van der Waals surface area contributed by atoms with Gasteiger partial charge >= 0.3 is 0 Å². The Bertz CT molecular complexity index is 567. The molecule has 0 bridgehead atoms. The molecule has 0 saturated heterocycles. The molecule has 0 amide bonds. The first-order valence-corrected chi connectivity index (χ1v) is 7.55. The summed E-state index contributed by atoms with van der Waals surface area (Å²) in [6.45, 7) is 6.47. The van der Waals surface area contributed by atoms with Crippen molar-refractivity contribution in [3.63, 3.8) is 0 Å². The summed E-state index contributed by atoms with van der Waals surface area (Å²) in [6.07, 6.45) is 2.38. The number of nitrogens with two attached hydrogens (primary N) is 1. The van der Waals surface area contributed by atoms with Gasteiger partial charge in [-0.1, -0.05) is 44.7 Å². The van der Waals surface area contributed by atoms with Crippen molar-refractivity contribution in [3.05, 3.63) is 41.7 Å². The van der Waals surface area contributed by atoms with Crippen molar-refractivity contribution in [2.24, 2.45) is 5.84 Å². The lowest BCUT2D eigenvalue weighted by atomic mass is 10.0. The summed E-state index contributed by atoms with van der Waals surface area (Å²) in [7, 11) is 0. The van der Waals surface area contributed by atoms with Crippen molar-refractivity contribution < 1.29 is 0 Å². The van der Waals surface area contributed by atoms with Crippen LogP contribution < -0.4 is 11.3 Å². The molecule has 20 heavy (non-hydrogen) atoms. The summed E-state index contributed by atoms with van der Waals surface area (Å²) in [5.41, 5.74) is 5.03. The van der Waals surface area contributed by atoms with Gasteiger partial charge in [-0.3, -0.25) is 0 Å². The molecule has 0 aliphatic rings. The third-order valence-corrected chi connectivity index (χ3v) is 4.21. The first-order valence-electron chi connectivity index (χ1n) is 6.74. The predicted molar refractivity (Wildman–Crippen MR) is 83.9 cm³/mol. The normalized spacial score (nSPS) is 10.8. The van der Waals surface area contributed by atoms with E-state index < -0.39 is 0 Å². The fourth-order valence-electron chi connectivity index (χ4n) is 1.96.